The third-order valence-corrected chi connectivity index (χ3v) is 24.3. The molecule has 0 spiro atoms. The van der Waals surface area contributed by atoms with Crippen LogP contribution in [0.25, 0.3) is 67.5 Å². The smallest absolute Gasteiger partial charge is 0.416 e. The number of nitrogens with zero attached hydrogens (tertiary/aromatic N) is 12. The van der Waals surface area contributed by atoms with Crippen LogP contribution >= 0.6 is 91.2 Å². The Bertz CT molecular complexity index is 7110. The number of methoxy groups -OCH3 is 2. The van der Waals surface area contributed by atoms with E-state index in [0.717, 1.165) is 90.7 Å². The third-order valence-electron chi connectivity index (χ3n) is 19.2. The summed E-state index contributed by atoms with van der Waals surface area (Å²) in [5.74, 6) is -0.850. The van der Waals surface area contributed by atoms with Crippen molar-refractivity contribution in [3.63, 3.8) is 0 Å². The average Bonchev–Trinajstić information content (AvgIpc) is 1.57. The number of anilines is 6. The zero-order valence-electron chi connectivity index (χ0n) is 73.5. The molecule has 39 heteroatoms. The normalized spacial score (nSPS) is 10.6. The molecule has 12 aromatic heterocycles. The summed E-state index contributed by atoms with van der Waals surface area (Å²) in [6, 6.07) is 58.1. The summed E-state index contributed by atoms with van der Waals surface area (Å²) in [5, 5.41) is 31.5. The number of pyridine rings is 6. The maximum atomic E-state index is 13.5. The van der Waals surface area contributed by atoms with Crippen LogP contribution in [0.2, 0.25) is 10.0 Å². The van der Waals surface area contributed by atoms with Gasteiger partial charge < -0.3 is 41.4 Å². The Morgan fingerprint density at radius 3 is 0.964 bits per heavy atom. The number of halogens is 7. The molecule has 6 amide bonds. The summed E-state index contributed by atoms with van der Waals surface area (Å²) in [6.45, 7) is 2.03. The summed E-state index contributed by atoms with van der Waals surface area (Å²) in [5.41, 5.74) is 14.7. The van der Waals surface area contributed by atoms with E-state index >= 15 is 0 Å². The monoisotopic (exact) mass is 2020 g/mol. The second kappa shape index (κ2) is 51.0. The predicted octanol–water partition coefficient (Wildman–Crippen LogP) is 23.2. The molecule has 12 heterocycles. The van der Waals surface area contributed by atoms with Crippen molar-refractivity contribution in [2.75, 3.05) is 46.1 Å². The van der Waals surface area contributed by atoms with Crippen LogP contribution in [0.1, 0.15) is 44.5 Å². The molecule has 139 heavy (non-hydrogen) atoms. The SMILES string of the molecule is COc1ccc(CC(=O)Nc2nc(-c3ccncc3)cs2)c(OC)c1.Cc1ccc(CC(=O)Nc2nc(-c3ccncc3)cs2)cc1.O=C(Cc1ccc(F)c(Cl)c1)Nc1nc(-c2ccncc2)cs1.O=C(Cc1cccc(C(F)(F)F)c1)Nc1nc(-c2ccncc2)cs1.O=C(Cc1cccc(Cl)c1)Nc1nc(-c2ccncc2)cs1.O=C(Cc1ccccc1F)Nc1nc(-c2ccncc2)cs1. The quantitative estimate of drug-likeness (QED) is 0.0274. The zero-order valence-corrected chi connectivity index (χ0v) is 79.9. The molecule has 6 N–H and O–H groups in total. The van der Waals surface area contributed by atoms with Crippen LogP contribution in [0.3, 0.4) is 0 Å². The van der Waals surface area contributed by atoms with E-state index in [9.17, 15) is 50.7 Å². The Morgan fingerprint density at radius 1 is 0.317 bits per heavy atom. The highest BCUT2D eigenvalue weighted by molar-refractivity contribution is 7.15. The van der Waals surface area contributed by atoms with Crippen molar-refractivity contribution in [3.05, 3.63) is 379 Å². The van der Waals surface area contributed by atoms with E-state index in [0.29, 0.717) is 76.1 Å². The fourth-order valence-electron chi connectivity index (χ4n) is 12.5. The molecule has 26 nitrogen and oxygen atoms in total. The largest absolute Gasteiger partial charge is 0.497 e. The molecular formula is C100H79Cl2F5N18O8S6. The van der Waals surface area contributed by atoms with Gasteiger partial charge in [0.1, 0.15) is 23.1 Å². The molecule has 0 radical (unpaired) electrons. The molecule has 0 atom stereocenters. The number of rotatable bonds is 26. The summed E-state index contributed by atoms with van der Waals surface area (Å²) < 4.78 is 75.2. The number of carbonyl (C=O) groups is 6. The van der Waals surface area contributed by atoms with Gasteiger partial charge in [0.05, 0.1) is 97.5 Å². The first-order valence-electron chi connectivity index (χ1n) is 41.6. The highest BCUT2D eigenvalue weighted by atomic mass is 35.5. The first-order valence-corrected chi connectivity index (χ1v) is 47.7. The van der Waals surface area contributed by atoms with Crippen molar-refractivity contribution in [2.45, 2.75) is 51.6 Å². The number of hydrogen-bond acceptors (Lipinski definition) is 26. The van der Waals surface area contributed by atoms with Gasteiger partial charge in [-0.15, -0.1) is 68.0 Å². The summed E-state index contributed by atoms with van der Waals surface area (Å²) in [6.07, 6.45) is 16.6. The minimum Gasteiger partial charge on any atom is -0.497 e. The van der Waals surface area contributed by atoms with Gasteiger partial charge in [0.15, 0.2) is 30.8 Å². The Balaban J connectivity index is 0.000000141. The van der Waals surface area contributed by atoms with Crippen LogP contribution < -0.4 is 41.4 Å². The van der Waals surface area contributed by atoms with E-state index < -0.39 is 23.5 Å². The van der Waals surface area contributed by atoms with E-state index in [4.69, 9.17) is 32.7 Å². The number of nitrogens with one attached hydrogen (secondary N) is 6. The maximum absolute atomic E-state index is 13.5. The second-order valence-corrected chi connectivity index (χ2v) is 35.3. The Labute approximate surface area is 827 Å². The lowest BCUT2D eigenvalue weighted by Gasteiger charge is -2.10. The number of benzene rings is 6. The summed E-state index contributed by atoms with van der Waals surface area (Å²) in [4.78, 5) is 123. The van der Waals surface area contributed by atoms with Crippen molar-refractivity contribution in [1.29, 1.82) is 0 Å². The molecule has 0 aliphatic rings. The van der Waals surface area contributed by atoms with Gasteiger partial charge in [0.25, 0.3) is 0 Å². The average molecular weight is 2020 g/mol. The zero-order chi connectivity index (χ0) is 97.8. The number of amides is 6. The molecule has 0 bridgehead atoms. The lowest BCUT2D eigenvalue weighted by atomic mass is 10.1. The topological polar surface area (TPSA) is 348 Å². The molecular weight excluding hydrogens is 1940 g/mol. The number of aryl methyl sites for hydroxylation is 1. The number of aromatic nitrogens is 12. The van der Waals surface area contributed by atoms with E-state index in [2.05, 4.69) is 91.7 Å². The van der Waals surface area contributed by atoms with Gasteiger partial charge in [-0.3, -0.25) is 58.7 Å². The van der Waals surface area contributed by atoms with Gasteiger partial charge in [-0.25, -0.2) is 38.7 Å². The van der Waals surface area contributed by atoms with E-state index in [1.165, 1.54) is 110 Å². The van der Waals surface area contributed by atoms with Crippen LogP contribution in [-0.2, 0) is 73.5 Å². The van der Waals surface area contributed by atoms with E-state index in [-0.39, 0.29) is 72.5 Å². The lowest BCUT2D eigenvalue weighted by molar-refractivity contribution is -0.137. The number of carbonyl (C=O) groups excluding carboxylic acids is 6. The molecule has 0 unspecified atom stereocenters. The van der Waals surface area contributed by atoms with Crippen molar-refractivity contribution < 1.29 is 60.2 Å². The molecule has 0 fully saturated rings. The highest BCUT2D eigenvalue weighted by Gasteiger charge is 2.31. The molecule has 18 rings (SSSR count). The molecule has 6 aromatic carbocycles. The number of alkyl halides is 3. The van der Waals surface area contributed by atoms with Crippen LogP contribution in [0.4, 0.5) is 52.7 Å². The summed E-state index contributed by atoms with van der Waals surface area (Å²) in [7, 11) is 3.15. The predicted molar refractivity (Wildman–Crippen MR) is 538 cm³/mol. The van der Waals surface area contributed by atoms with Crippen molar-refractivity contribution >= 4 is 157 Å². The molecule has 0 aliphatic carbocycles. The van der Waals surface area contributed by atoms with Crippen molar-refractivity contribution in [3.8, 4) is 79.0 Å². The maximum Gasteiger partial charge on any atom is 0.416 e. The van der Waals surface area contributed by atoms with Crippen LogP contribution in [0.5, 0.6) is 11.5 Å². The third kappa shape index (κ3) is 32.2. The van der Waals surface area contributed by atoms with Gasteiger partial charge in [0.2, 0.25) is 35.4 Å². The molecule has 0 saturated carbocycles. The number of thiazole rings is 6. The summed E-state index contributed by atoms with van der Waals surface area (Å²) >= 11 is 19.7. The van der Waals surface area contributed by atoms with Crippen molar-refractivity contribution in [2.24, 2.45) is 0 Å². The highest BCUT2D eigenvalue weighted by Crippen LogP contribution is 2.34. The van der Waals surface area contributed by atoms with Gasteiger partial charge >= 0.3 is 6.18 Å². The minimum atomic E-state index is -4.43. The van der Waals surface area contributed by atoms with Gasteiger partial charge in [-0.1, -0.05) is 114 Å². The number of ether oxygens (including phenoxy) is 2. The molecule has 702 valence electrons. The second-order valence-electron chi connectivity index (χ2n) is 29.3. The fraction of sp³-hybridized carbons (Fsp3) is 0.100. The van der Waals surface area contributed by atoms with E-state index in [1.54, 1.807) is 149 Å². The first kappa shape index (κ1) is 101. The first-order chi connectivity index (χ1) is 67.3. The van der Waals surface area contributed by atoms with Crippen LogP contribution in [0.15, 0.2) is 313 Å². The van der Waals surface area contributed by atoms with Gasteiger partial charge in [-0.05, 0) is 150 Å². The standard InChI is InChI=1S/C18H17N3O3S.C17H12F3N3OS.C17H15N3OS.C16H11ClFN3OS.C16H12ClN3OS.C16H12FN3OS/c1-23-14-4-3-13(16(10-14)24-2)9-17(22)21-18-20-15(11-25-18)12-5-7-19-8-6-12;18-17(19,20)13-3-1-2-11(8-13)9-15(24)23-16-22-14(10-25-16)12-4-6-21-7-5-12;1-12-2-4-13(5-3-12)10-16(21)20-17-19-15(11-22-17)14-6-8-18-9-7-14;17-12-7-10(1-2-13(12)18)8-15(22)21-16-20-14(9-23-16)11-3-5-19-6-4-11;17-13-3-1-2-11(8-13)9-15(21)20-16-19-14(10-22-16)12-4-6-18-7-5-12;17-13-4-2-1-3-12(13)9-15(21)20-16-19-14(10-22-16)11-5-7-18-8-6-11/h3-8,10-11H,9H2,1-2H3,(H,20,21,22);1-8,10H,9H2,(H,22,23,24);2-9,11H,10H2,1H3,(H,19,20,21);1-7,9H,8H2,(H,20,21,22);2*1-8,10H,9H2,(H,19,20,21). The molecule has 0 aliphatic heterocycles. The van der Waals surface area contributed by atoms with E-state index in [1.807, 2.05) is 137 Å². The molecule has 18 aromatic rings. The Kier molecular flexibility index (Phi) is 37.1. The van der Waals surface area contributed by atoms with Crippen LogP contribution in [0, 0.1) is 18.6 Å². The number of hydrogen-bond donors (Lipinski definition) is 6. The fourth-order valence-corrected chi connectivity index (χ4v) is 17.3. The van der Waals surface area contributed by atoms with Gasteiger partial charge in [-0.2, -0.15) is 13.2 Å². The molecule has 0 saturated heterocycles. The Morgan fingerprint density at radius 2 is 0.633 bits per heavy atom. The Hall–Kier alpha value is -15.4. The minimum absolute atomic E-state index is 0.00419. The lowest BCUT2D eigenvalue weighted by Crippen LogP contribution is -2.15. The van der Waals surface area contributed by atoms with Crippen molar-refractivity contribution in [1.82, 2.24) is 59.8 Å². The van der Waals surface area contributed by atoms with Crippen LogP contribution in [-0.4, -0.2) is 109 Å². The van der Waals surface area contributed by atoms with Gasteiger partial charge in [0, 0.05) is 157 Å².